The van der Waals surface area contributed by atoms with Crippen LogP contribution in [0.4, 0.5) is 0 Å². The lowest BCUT2D eigenvalue weighted by Gasteiger charge is -2.05. The van der Waals surface area contributed by atoms with Gasteiger partial charge in [-0.1, -0.05) is 6.92 Å². The third kappa shape index (κ3) is 3.56. The fourth-order valence-electron chi connectivity index (χ4n) is 2.87. The van der Waals surface area contributed by atoms with Gasteiger partial charge in [0.25, 0.3) is 0 Å². The van der Waals surface area contributed by atoms with Gasteiger partial charge in [0.2, 0.25) is 0 Å². The molecule has 0 radical (unpaired) electrons. The molecule has 0 bridgehead atoms. The van der Waals surface area contributed by atoms with Gasteiger partial charge in [-0.2, -0.15) is 5.10 Å². The molecule has 0 spiro atoms. The molecule has 0 amide bonds. The number of rotatable bonds is 7. The minimum absolute atomic E-state index is 0.671. The van der Waals surface area contributed by atoms with E-state index in [9.17, 15) is 0 Å². The Bertz CT molecular complexity index is 599. The molecular weight excluding hydrogens is 262 g/mol. The number of aryl methyl sites for hydroxylation is 3. The summed E-state index contributed by atoms with van der Waals surface area (Å²) >= 11 is 0. The van der Waals surface area contributed by atoms with Crippen LogP contribution >= 0.6 is 0 Å². The second-order valence-electron chi connectivity index (χ2n) is 6.30. The van der Waals surface area contributed by atoms with Gasteiger partial charge < -0.3 is 9.73 Å². The van der Waals surface area contributed by atoms with E-state index in [1.54, 1.807) is 0 Å². The lowest BCUT2D eigenvalue weighted by Crippen LogP contribution is -2.16. The van der Waals surface area contributed by atoms with Crippen molar-refractivity contribution in [1.29, 1.82) is 0 Å². The first-order chi connectivity index (χ1) is 10.1. The van der Waals surface area contributed by atoms with Gasteiger partial charge in [-0.25, -0.2) is 0 Å². The van der Waals surface area contributed by atoms with Crippen molar-refractivity contribution in [3.63, 3.8) is 0 Å². The van der Waals surface area contributed by atoms with Crippen LogP contribution in [0, 0.1) is 19.8 Å². The average molecular weight is 287 g/mol. The average Bonchev–Trinajstić information content (AvgIpc) is 2.85. The number of nitrogens with zero attached hydrogens (tertiary/aromatic N) is 2. The molecule has 0 saturated heterocycles. The zero-order valence-corrected chi connectivity index (χ0v) is 13.2. The topological polar surface area (TPSA) is 43.0 Å². The second kappa shape index (κ2) is 6.06. The quantitative estimate of drug-likeness (QED) is 0.794. The summed E-state index contributed by atoms with van der Waals surface area (Å²) < 4.78 is 7.97. The first-order valence-corrected chi connectivity index (χ1v) is 7.94. The summed E-state index contributed by atoms with van der Waals surface area (Å²) in [5.41, 5.74) is 2.33. The van der Waals surface area contributed by atoms with E-state index in [1.807, 2.05) is 6.92 Å². The molecule has 1 aliphatic rings. The molecule has 1 fully saturated rings. The summed E-state index contributed by atoms with van der Waals surface area (Å²) in [6.07, 6.45) is 2.36. The number of hydrogen-bond donors (Lipinski definition) is 1. The van der Waals surface area contributed by atoms with Crippen LogP contribution in [-0.4, -0.2) is 16.3 Å². The van der Waals surface area contributed by atoms with Crippen molar-refractivity contribution in [2.24, 2.45) is 5.92 Å². The van der Waals surface area contributed by atoms with Crippen LogP contribution < -0.4 is 5.32 Å². The van der Waals surface area contributed by atoms with Crippen molar-refractivity contribution < 1.29 is 4.42 Å². The normalized spacial score (nSPS) is 20.9. The minimum Gasteiger partial charge on any atom is -0.464 e. The number of aromatic nitrogens is 2. The predicted molar refractivity (Wildman–Crippen MR) is 83.3 cm³/mol. The van der Waals surface area contributed by atoms with Crippen LogP contribution in [-0.2, 0) is 13.1 Å². The summed E-state index contributed by atoms with van der Waals surface area (Å²) in [5.74, 6) is 3.69. The molecule has 0 aliphatic heterocycles. The van der Waals surface area contributed by atoms with Crippen molar-refractivity contribution in [2.75, 3.05) is 6.54 Å². The van der Waals surface area contributed by atoms with Crippen molar-refractivity contribution in [2.45, 2.75) is 52.6 Å². The van der Waals surface area contributed by atoms with Crippen molar-refractivity contribution in [1.82, 2.24) is 15.1 Å². The van der Waals surface area contributed by atoms with Crippen molar-refractivity contribution in [3.05, 3.63) is 41.1 Å². The third-order valence-corrected chi connectivity index (χ3v) is 4.28. The Morgan fingerprint density at radius 2 is 2.19 bits per heavy atom. The van der Waals surface area contributed by atoms with Crippen LogP contribution in [0.1, 0.15) is 48.6 Å². The van der Waals surface area contributed by atoms with Crippen molar-refractivity contribution >= 4 is 0 Å². The molecule has 21 heavy (non-hydrogen) atoms. The number of nitrogens with one attached hydrogen (secondary N) is 1. The molecule has 2 unspecified atom stereocenters. The van der Waals surface area contributed by atoms with E-state index in [-0.39, 0.29) is 0 Å². The molecule has 4 nitrogen and oxygen atoms in total. The Hall–Kier alpha value is -1.55. The summed E-state index contributed by atoms with van der Waals surface area (Å²) in [5, 5.41) is 7.92. The van der Waals surface area contributed by atoms with E-state index in [0.29, 0.717) is 5.92 Å². The molecule has 3 rings (SSSR count). The molecule has 2 heterocycles. The Balaban J connectivity index is 1.36. The van der Waals surface area contributed by atoms with Crippen LogP contribution in [0.15, 0.2) is 22.6 Å². The van der Waals surface area contributed by atoms with Gasteiger partial charge >= 0.3 is 0 Å². The Kier molecular flexibility index (Phi) is 4.15. The smallest absolute Gasteiger partial charge is 0.117 e. The van der Waals surface area contributed by atoms with Gasteiger partial charge in [-0.3, -0.25) is 4.68 Å². The van der Waals surface area contributed by atoms with Crippen molar-refractivity contribution in [3.8, 4) is 0 Å². The fraction of sp³-hybridized carbons (Fsp3) is 0.588. The Morgan fingerprint density at radius 3 is 2.86 bits per heavy atom. The molecule has 2 aromatic heterocycles. The molecule has 0 aromatic carbocycles. The molecule has 1 aliphatic carbocycles. The standard InChI is InChI=1S/C17H25N3O/c1-12-9-16(12)17-6-5-15(21-17)11-18-7-4-8-20-14(3)10-13(2)19-20/h5-6,10,12,16,18H,4,7-9,11H2,1-3H3. The summed E-state index contributed by atoms with van der Waals surface area (Å²) in [6, 6.07) is 6.37. The minimum atomic E-state index is 0.671. The second-order valence-corrected chi connectivity index (χ2v) is 6.30. The zero-order valence-electron chi connectivity index (χ0n) is 13.2. The largest absolute Gasteiger partial charge is 0.464 e. The van der Waals surface area contributed by atoms with Crippen LogP contribution in [0.5, 0.6) is 0 Å². The predicted octanol–water partition coefficient (Wildman–Crippen LogP) is 3.40. The van der Waals surface area contributed by atoms with E-state index < -0.39 is 0 Å². The molecule has 1 saturated carbocycles. The van der Waals surface area contributed by atoms with Gasteiger partial charge in [-0.15, -0.1) is 0 Å². The zero-order chi connectivity index (χ0) is 14.8. The highest BCUT2D eigenvalue weighted by molar-refractivity contribution is 5.17. The van der Waals surface area contributed by atoms with E-state index in [2.05, 4.69) is 47.1 Å². The summed E-state index contributed by atoms with van der Waals surface area (Å²) in [7, 11) is 0. The molecule has 1 N–H and O–H groups in total. The number of hydrogen-bond acceptors (Lipinski definition) is 3. The molecular formula is C17H25N3O. The summed E-state index contributed by atoms with van der Waals surface area (Å²) in [4.78, 5) is 0. The molecule has 4 heteroatoms. The highest BCUT2D eigenvalue weighted by Crippen LogP contribution is 2.47. The van der Waals surface area contributed by atoms with Gasteiger partial charge in [0.05, 0.1) is 12.2 Å². The lowest BCUT2D eigenvalue weighted by molar-refractivity contribution is 0.438. The Morgan fingerprint density at radius 1 is 1.38 bits per heavy atom. The van der Waals surface area contributed by atoms with E-state index in [0.717, 1.165) is 43.4 Å². The summed E-state index contributed by atoms with van der Waals surface area (Å²) in [6.45, 7) is 9.19. The van der Waals surface area contributed by atoms with Gasteiger partial charge in [0.1, 0.15) is 11.5 Å². The highest BCUT2D eigenvalue weighted by atomic mass is 16.3. The van der Waals surface area contributed by atoms with Crippen LogP contribution in [0.2, 0.25) is 0 Å². The first-order valence-electron chi connectivity index (χ1n) is 7.94. The van der Waals surface area contributed by atoms with E-state index in [4.69, 9.17) is 4.42 Å². The Labute approximate surface area is 126 Å². The lowest BCUT2D eigenvalue weighted by atomic mass is 10.3. The van der Waals surface area contributed by atoms with Crippen LogP contribution in [0.3, 0.4) is 0 Å². The van der Waals surface area contributed by atoms with E-state index >= 15 is 0 Å². The monoisotopic (exact) mass is 287 g/mol. The maximum Gasteiger partial charge on any atom is 0.117 e. The molecule has 2 atom stereocenters. The van der Waals surface area contributed by atoms with Crippen LogP contribution in [0.25, 0.3) is 0 Å². The van der Waals surface area contributed by atoms with Gasteiger partial charge in [-0.05, 0) is 57.4 Å². The van der Waals surface area contributed by atoms with E-state index in [1.165, 1.54) is 17.9 Å². The van der Waals surface area contributed by atoms with Gasteiger partial charge in [0.15, 0.2) is 0 Å². The maximum absolute atomic E-state index is 5.89. The number of furan rings is 1. The first kappa shape index (κ1) is 14.4. The SMILES string of the molecule is Cc1cc(C)n(CCCNCc2ccc(C3CC3C)o2)n1. The molecule has 114 valence electrons. The van der Waals surface area contributed by atoms with Gasteiger partial charge in [0, 0.05) is 18.2 Å². The fourth-order valence-corrected chi connectivity index (χ4v) is 2.87. The molecule has 2 aromatic rings. The third-order valence-electron chi connectivity index (χ3n) is 4.28. The highest BCUT2D eigenvalue weighted by Gasteiger charge is 2.36. The maximum atomic E-state index is 5.89.